The zero-order valence-corrected chi connectivity index (χ0v) is 11.8. The lowest BCUT2D eigenvalue weighted by Crippen LogP contribution is -2.32. The van der Waals surface area contributed by atoms with Crippen molar-refractivity contribution in [1.82, 2.24) is 30.2 Å². The fourth-order valence-corrected chi connectivity index (χ4v) is 2.21. The first kappa shape index (κ1) is 15.1. The molecule has 2 unspecified atom stereocenters. The molecule has 118 valence electrons. The highest BCUT2D eigenvalue weighted by Crippen LogP contribution is 2.24. The molecule has 0 aliphatic heterocycles. The van der Waals surface area contributed by atoms with Gasteiger partial charge in [0, 0.05) is 0 Å². The molecule has 23 heavy (non-hydrogen) atoms. The van der Waals surface area contributed by atoms with Crippen LogP contribution in [-0.2, 0) is 0 Å². The number of rotatable bonds is 5. The maximum Gasteiger partial charge on any atom is 0.266 e. The number of hydrogen-bond donors (Lipinski definition) is 1. The lowest BCUT2D eigenvalue weighted by molar-refractivity contribution is -0.0292. The third kappa shape index (κ3) is 2.90. The predicted octanol–water partition coefficient (Wildman–Crippen LogP) is 1.47. The minimum absolute atomic E-state index is 0.143. The first-order valence-electron chi connectivity index (χ1n) is 6.68. The van der Waals surface area contributed by atoms with E-state index in [1.165, 1.54) is 6.20 Å². The van der Waals surface area contributed by atoms with E-state index in [1.807, 2.05) is 0 Å². The summed E-state index contributed by atoms with van der Waals surface area (Å²) in [4.78, 5) is 8.52. The van der Waals surface area contributed by atoms with Gasteiger partial charge in [0.25, 0.3) is 6.43 Å². The Hall–Kier alpha value is -2.81. The van der Waals surface area contributed by atoms with Gasteiger partial charge in [0.2, 0.25) is 0 Å². The van der Waals surface area contributed by atoms with Crippen LogP contribution in [0.5, 0.6) is 0 Å². The monoisotopic (exact) mass is 318 g/mol. The van der Waals surface area contributed by atoms with Crippen molar-refractivity contribution in [2.24, 2.45) is 0 Å². The van der Waals surface area contributed by atoms with Crippen LogP contribution in [-0.4, -0.2) is 47.8 Å². The van der Waals surface area contributed by atoms with E-state index in [4.69, 9.17) is 0 Å². The molecule has 7 nitrogen and oxygen atoms in total. The number of nitrogens with zero attached hydrogens (tertiary/aromatic N) is 6. The Morgan fingerprint density at radius 1 is 1.26 bits per heavy atom. The highest BCUT2D eigenvalue weighted by molar-refractivity contribution is 5.77. The summed E-state index contributed by atoms with van der Waals surface area (Å²) in [6, 6.07) is 4.02. The van der Waals surface area contributed by atoms with Gasteiger partial charge in [-0.3, -0.25) is 4.98 Å². The van der Waals surface area contributed by atoms with Gasteiger partial charge in [-0.25, -0.2) is 18.4 Å². The van der Waals surface area contributed by atoms with Crippen LogP contribution in [0.25, 0.3) is 17.1 Å². The smallest absolute Gasteiger partial charge is 0.266 e. The van der Waals surface area contributed by atoms with E-state index >= 15 is 0 Å². The third-order valence-electron chi connectivity index (χ3n) is 3.36. The van der Waals surface area contributed by atoms with Crippen molar-refractivity contribution >= 4 is 17.1 Å². The average Bonchev–Trinajstić information content (AvgIpc) is 3.08. The van der Waals surface area contributed by atoms with Crippen LogP contribution in [0.2, 0.25) is 0 Å². The molecule has 2 heterocycles. The molecule has 1 N–H and O–H groups in total. The molecule has 0 radical (unpaired) electrons. The van der Waals surface area contributed by atoms with Crippen LogP contribution >= 0.6 is 0 Å². The Morgan fingerprint density at radius 3 is 2.74 bits per heavy atom. The number of aromatic nitrogens is 6. The van der Waals surface area contributed by atoms with Gasteiger partial charge in [-0.15, -0.1) is 5.10 Å². The molecule has 0 fully saturated rings. The molecular formula is C14H12F2N6O. The molecule has 2 atom stereocenters. The summed E-state index contributed by atoms with van der Waals surface area (Å²) in [7, 11) is 0. The molecule has 0 bridgehead atoms. The van der Waals surface area contributed by atoms with E-state index < -0.39 is 18.6 Å². The van der Waals surface area contributed by atoms with Crippen LogP contribution in [0.15, 0.2) is 37.3 Å². The van der Waals surface area contributed by atoms with Crippen molar-refractivity contribution in [2.45, 2.75) is 18.6 Å². The van der Waals surface area contributed by atoms with Gasteiger partial charge in [0.15, 0.2) is 0 Å². The Kier molecular flexibility index (Phi) is 4.02. The molecule has 0 aliphatic carbocycles. The second-order valence-corrected chi connectivity index (χ2v) is 4.81. The van der Waals surface area contributed by atoms with E-state index in [2.05, 4.69) is 32.1 Å². The summed E-state index contributed by atoms with van der Waals surface area (Å²) in [6.45, 7) is 3.67. The number of benzene rings is 1. The van der Waals surface area contributed by atoms with Gasteiger partial charge < -0.3 is 5.11 Å². The van der Waals surface area contributed by atoms with Crippen LogP contribution in [0.4, 0.5) is 8.78 Å². The van der Waals surface area contributed by atoms with Crippen molar-refractivity contribution in [1.29, 1.82) is 0 Å². The summed E-state index contributed by atoms with van der Waals surface area (Å²) >= 11 is 0. The minimum Gasteiger partial charge on any atom is -0.384 e. The molecule has 0 aliphatic rings. The highest BCUT2D eigenvalue weighted by atomic mass is 19.3. The SMILES string of the molecule is C=Cc1ccc2nc(C(C(O)C(F)F)n3cnnn3)cnc2c1. The van der Waals surface area contributed by atoms with E-state index in [9.17, 15) is 13.9 Å². The van der Waals surface area contributed by atoms with Gasteiger partial charge >= 0.3 is 0 Å². The van der Waals surface area contributed by atoms with Crippen LogP contribution < -0.4 is 0 Å². The Bertz CT molecular complexity index is 823. The fourth-order valence-electron chi connectivity index (χ4n) is 2.21. The van der Waals surface area contributed by atoms with E-state index in [0.717, 1.165) is 16.6 Å². The minimum atomic E-state index is -2.98. The summed E-state index contributed by atoms with van der Waals surface area (Å²) in [6.07, 6.45) is -0.863. The molecule has 1 aromatic carbocycles. The molecule has 9 heteroatoms. The largest absolute Gasteiger partial charge is 0.384 e. The Balaban J connectivity index is 2.09. The number of aliphatic hydroxyl groups excluding tert-OH is 1. The second-order valence-electron chi connectivity index (χ2n) is 4.81. The topological polar surface area (TPSA) is 89.6 Å². The maximum absolute atomic E-state index is 13.0. The summed E-state index contributed by atoms with van der Waals surface area (Å²) in [5.41, 5.74) is 2.11. The highest BCUT2D eigenvalue weighted by Gasteiger charge is 2.33. The number of alkyl halides is 2. The van der Waals surface area contributed by atoms with Gasteiger partial charge in [-0.05, 0) is 28.1 Å². The number of halogens is 2. The summed E-state index contributed by atoms with van der Waals surface area (Å²) in [5.74, 6) is 0. The number of aliphatic hydroxyl groups is 1. The number of hydrogen-bond acceptors (Lipinski definition) is 6. The normalized spacial score (nSPS) is 14.1. The lowest BCUT2D eigenvalue weighted by atomic mass is 10.1. The second kappa shape index (κ2) is 6.13. The number of fused-ring (bicyclic) bond motifs is 1. The maximum atomic E-state index is 13.0. The van der Waals surface area contributed by atoms with Crippen molar-refractivity contribution in [2.75, 3.05) is 0 Å². The molecule has 0 amide bonds. The van der Waals surface area contributed by atoms with Crippen molar-refractivity contribution in [3.05, 3.63) is 48.6 Å². The molecule has 0 saturated heterocycles. The van der Waals surface area contributed by atoms with Crippen LogP contribution in [0.1, 0.15) is 17.3 Å². The number of tetrazole rings is 1. The standard InChI is InChI=1S/C14H12F2N6O/c1-2-8-3-4-9-10(5-8)17-6-11(19-9)12(13(23)14(15)16)22-7-18-20-21-22/h2-7,12-14,23H,1H2. The quantitative estimate of drug-likeness (QED) is 0.766. The van der Waals surface area contributed by atoms with Crippen molar-refractivity contribution < 1.29 is 13.9 Å². The van der Waals surface area contributed by atoms with Crippen LogP contribution in [0, 0.1) is 0 Å². The predicted molar refractivity (Wildman–Crippen MR) is 77.6 cm³/mol. The summed E-state index contributed by atoms with van der Waals surface area (Å²) in [5, 5.41) is 20.2. The zero-order valence-electron chi connectivity index (χ0n) is 11.8. The van der Waals surface area contributed by atoms with E-state index in [0.29, 0.717) is 11.0 Å². The molecule has 0 spiro atoms. The third-order valence-corrected chi connectivity index (χ3v) is 3.36. The molecular weight excluding hydrogens is 306 g/mol. The Labute approximate surface area is 129 Å². The van der Waals surface area contributed by atoms with Crippen LogP contribution in [0.3, 0.4) is 0 Å². The zero-order chi connectivity index (χ0) is 16.4. The van der Waals surface area contributed by atoms with Gasteiger partial charge in [0.1, 0.15) is 18.5 Å². The molecule has 3 aromatic rings. The van der Waals surface area contributed by atoms with E-state index in [1.54, 1.807) is 24.3 Å². The Morgan fingerprint density at radius 2 is 2.09 bits per heavy atom. The van der Waals surface area contributed by atoms with E-state index in [-0.39, 0.29) is 5.69 Å². The first-order valence-corrected chi connectivity index (χ1v) is 6.68. The fraction of sp³-hybridized carbons (Fsp3) is 0.214. The molecule has 0 saturated carbocycles. The van der Waals surface area contributed by atoms with Crippen molar-refractivity contribution in [3.63, 3.8) is 0 Å². The molecule has 3 rings (SSSR count). The summed E-state index contributed by atoms with van der Waals surface area (Å²) < 4.78 is 27.0. The van der Waals surface area contributed by atoms with Gasteiger partial charge in [0.05, 0.1) is 22.9 Å². The van der Waals surface area contributed by atoms with Gasteiger partial charge in [-0.2, -0.15) is 0 Å². The van der Waals surface area contributed by atoms with Gasteiger partial charge in [-0.1, -0.05) is 18.7 Å². The van der Waals surface area contributed by atoms with Crippen molar-refractivity contribution in [3.8, 4) is 0 Å². The average molecular weight is 318 g/mol. The first-order chi connectivity index (χ1) is 11.1. The molecule has 2 aromatic heterocycles. The lowest BCUT2D eigenvalue weighted by Gasteiger charge is -2.21.